The van der Waals surface area contributed by atoms with Gasteiger partial charge >= 0.3 is 0 Å². The molecule has 0 bridgehead atoms. The average molecular weight is 459 g/mol. The van der Waals surface area contributed by atoms with Gasteiger partial charge in [0.25, 0.3) is 0 Å². The normalized spacial score (nSPS) is 16.1. The Morgan fingerprint density at radius 2 is 1.71 bits per heavy atom. The number of sulfonamides is 1. The summed E-state index contributed by atoms with van der Waals surface area (Å²) in [6, 6.07) is 11.8. The number of nitrogens with one attached hydrogen (secondary N) is 1. The molecule has 1 amide bonds. The van der Waals surface area contributed by atoms with Crippen molar-refractivity contribution in [3.05, 3.63) is 52.5 Å². The fourth-order valence-electron chi connectivity index (χ4n) is 3.07. The molecule has 1 fully saturated rings. The van der Waals surface area contributed by atoms with Gasteiger partial charge in [0, 0.05) is 29.6 Å². The highest BCUT2D eigenvalue weighted by Crippen LogP contribution is 2.28. The average Bonchev–Trinajstić information content (AvgIpc) is 2.71. The van der Waals surface area contributed by atoms with Crippen molar-refractivity contribution in [2.75, 3.05) is 24.7 Å². The number of hydrogen-bond acceptors (Lipinski definition) is 4. The van der Waals surface area contributed by atoms with Crippen LogP contribution in [0, 0.1) is 5.92 Å². The van der Waals surface area contributed by atoms with Crippen LogP contribution in [0.5, 0.6) is 0 Å². The van der Waals surface area contributed by atoms with Crippen LogP contribution in [0.4, 0.5) is 5.69 Å². The minimum atomic E-state index is -3.55. The molecular formula is C19H20Cl2N2O3S2. The van der Waals surface area contributed by atoms with Crippen LogP contribution < -0.4 is 5.32 Å². The van der Waals surface area contributed by atoms with Crippen molar-refractivity contribution in [3.63, 3.8) is 0 Å². The third-order valence-electron chi connectivity index (χ3n) is 4.71. The molecule has 1 N–H and O–H groups in total. The minimum absolute atomic E-state index is 0.139. The van der Waals surface area contributed by atoms with Gasteiger partial charge in [0.2, 0.25) is 15.9 Å². The number of amides is 1. The highest BCUT2D eigenvalue weighted by molar-refractivity contribution is 7.98. The van der Waals surface area contributed by atoms with Crippen molar-refractivity contribution in [2.24, 2.45) is 5.92 Å². The van der Waals surface area contributed by atoms with Crippen LogP contribution in [0.25, 0.3) is 0 Å². The molecule has 0 aromatic heterocycles. The molecule has 0 radical (unpaired) electrons. The van der Waals surface area contributed by atoms with Crippen molar-refractivity contribution in [2.45, 2.75) is 22.6 Å². The highest BCUT2D eigenvalue weighted by Gasteiger charge is 2.32. The van der Waals surface area contributed by atoms with Crippen LogP contribution in [0.15, 0.2) is 52.3 Å². The summed E-state index contributed by atoms with van der Waals surface area (Å²) in [6.45, 7) is 0.623. The number of hydrogen-bond donors (Lipinski definition) is 1. The lowest BCUT2D eigenvalue weighted by Gasteiger charge is -2.30. The largest absolute Gasteiger partial charge is 0.326 e. The molecule has 0 atom stereocenters. The van der Waals surface area contributed by atoms with Gasteiger partial charge in [-0.2, -0.15) is 4.31 Å². The van der Waals surface area contributed by atoms with E-state index in [1.165, 1.54) is 4.31 Å². The maximum atomic E-state index is 12.8. The summed E-state index contributed by atoms with van der Waals surface area (Å²) in [5, 5.41) is 3.61. The first-order valence-electron chi connectivity index (χ1n) is 8.71. The maximum absolute atomic E-state index is 12.8. The molecule has 150 valence electrons. The summed E-state index contributed by atoms with van der Waals surface area (Å²) >= 11 is 13.4. The molecule has 0 saturated carbocycles. The first-order valence-corrected chi connectivity index (χ1v) is 12.1. The third-order valence-corrected chi connectivity index (χ3v) is 8.10. The predicted molar refractivity (Wildman–Crippen MR) is 115 cm³/mol. The molecule has 1 heterocycles. The lowest BCUT2D eigenvalue weighted by Crippen LogP contribution is -2.41. The molecule has 2 aromatic carbocycles. The van der Waals surface area contributed by atoms with Crippen molar-refractivity contribution in [1.82, 2.24) is 4.31 Å². The number of halogens is 2. The standard InChI is InChI=1S/C19H20Cl2N2O3S2/c1-27-15-3-5-16(6-4-15)28(25,26)23-10-8-13(9-11-23)19(24)22-14-2-7-17(20)18(21)12-14/h2-7,12-13H,8-11H2,1H3,(H,22,24). The fourth-order valence-corrected chi connectivity index (χ4v) is 5.25. The summed E-state index contributed by atoms with van der Waals surface area (Å²) in [6.07, 6.45) is 2.88. The van der Waals surface area contributed by atoms with Crippen LogP contribution in [-0.2, 0) is 14.8 Å². The number of rotatable bonds is 5. The van der Waals surface area contributed by atoms with E-state index in [1.807, 2.05) is 6.26 Å². The second-order valence-electron chi connectivity index (χ2n) is 6.47. The lowest BCUT2D eigenvalue weighted by atomic mass is 9.97. The summed E-state index contributed by atoms with van der Waals surface area (Å²) in [5.41, 5.74) is 0.573. The molecule has 1 aliphatic heterocycles. The maximum Gasteiger partial charge on any atom is 0.243 e. The highest BCUT2D eigenvalue weighted by atomic mass is 35.5. The Hall–Kier alpha value is -1.25. The number of anilines is 1. The molecule has 0 spiro atoms. The van der Waals surface area contributed by atoms with Gasteiger partial charge in [-0.15, -0.1) is 11.8 Å². The first-order chi connectivity index (χ1) is 13.3. The van der Waals surface area contributed by atoms with Gasteiger partial charge in [-0.05, 0) is 61.6 Å². The van der Waals surface area contributed by atoms with Gasteiger partial charge in [-0.1, -0.05) is 23.2 Å². The number of piperidine rings is 1. The number of carbonyl (C=O) groups excluding carboxylic acids is 1. The van der Waals surface area contributed by atoms with Crippen molar-refractivity contribution in [3.8, 4) is 0 Å². The molecule has 28 heavy (non-hydrogen) atoms. The van der Waals surface area contributed by atoms with E-state index in [-0.39, 0.29) is 16.7 Å². The van der Waals surface area contributed by atoms with Crippen LogP contribution in [0.1, 0.15) is 12.8 Å². The Balaban J connectivity index is 1.61. The Bertz CT molecular complexity index is 958. The molecule has 1 aliphatic rings. The molecule has 0 unspecified atom stereocenters. The van der Waals surface area contributed by atoms with E-state index >= 15 is 0 Å². The summed E-state index contributed by atoms with van der Waals surface area (Å²) in [7, 11) is -3.55. The van der Waals surface area contributed by atoms with Crippen LogP contribution in [0.3, 0.4) is 0 Å². The predicted octanol–water partition coefficient (Wildman–Crippen LogP) is 4.75. The quantitative estimate of drug-likeness (QED) is 0.656. The van der Waals surface area contributed by atoms with Crippen molar-refractivity contribution in [1.29, 1.82) is 0 Å². The van der Waals surface area contributed by atoms with Crippen molar-refractivity contribution >= 4 is 56.6 Å². The molecule has 1 saturated heterocycles. The smallest absolute Gasteiger partial charge is 0.243 e. The molecule has 3 rings (SSSR count). The Kier molecular flexibility index (Phi) is 6.94. The van der Waals surface area contributed by atoms with Gasteiger partial charge in [-0.3, -0.25) is 4.79 Å². The van der Waals surface area contributed by atoms with Crippen molar-refractivity contribution < 1.29 is 13.2 Å². The minimum Gasteiger partial charge on any atom is -0.326 e. The zero-order valence-corrected chi connectivity index (χ0v) is 18.3. The molecule has 0 aliphatic carbocycles. The van der Waals surface area contributed by atoms with E-state index in [9.17, 15) is 13.2 Å². The molecular weight excluding hydrogens is 439 g/mol. The van der Waals surface area contributed by atoms with E-state index in [0.29, 0.717) is 41.7 Å². The van der Waals surface area contributed by atoms with Gasteiger partial charge in [-0.25, -0.2) is 8.42 Å². The topological polar surface area (TPSA) is 66.5 Å². The van der Waals surface area contributed by atoms with E-state index in [2.05, 4.69) is 5.32 Å². The van der Waals surface area contributed by atoms with Crippen LogP contribution >= 0.6 is 35.0 Å². The Morgan fingerprint density at radius 1 is 1.07 bits per heavy atom. The second kappa shape index (κ2) is 9.05. The number of nitrogens with zero attached hydrogens (tertiary/aromatic N) is 1. The van der Waals surface area contributed by atoms with Gasteiger partial charge in [0.15, 0.2) is 0 Å². The number of thioether (sulfide) groups is 1. The Labute approximate surface area is 179 Å². The molecule has 2 aromatic rings. The second-order valence-corrected chi connectivity index (χ2v) is 10.1. The zero-order valence-electron chi connectivity index (χ0n) is 15.2. The summed E-state index contributed by atoms with van der Waals surface area (Å²) in [5.74, 6) is -0.389. The van der Waals surface area contributed by atoms with Gasteiger partial charge in [0.05, 0.1) is 14.9 Å². The molecule has 5 nitrogen and oxygen atoms in total. The zero-order chi connectivity index (χ0) is 20.3. The summed E-state index contributed by atoms with van der Waals surface area (Å²) < 4.78 is 27.1. The van der Waals surface area contributed by atoms with E-state index < -0.39 is 10.0 Å². The summed E-state index contributed by atoms with van der Waals surface area (Å²) in [4.78, 5) is 13.8. The first kappa shape index (κ1) is 21.5. The van der Waals surface area contributed by atoms with Gasteiger partial charge in [0.1, 0.15) is 0 Å². The van der Waals surface area contributed by atoms with Crippen LogP contribution in [-0.4, -0.2) is 38.0 Å². The lowest BCUT2D eigenvalue weighted by molar-refractivity contribution is -0.120. The van der Waals surface area contributed by atoms with E-state index in [0.717, 1.165) is 4.90 Å². The third kappa shape index (κ3) is 4.83. The van der Waals surface area contributed by atoms with E-state index in [4.69, 9.17) is 23.2 Å². The monoisotopic (exact) mass is 458 g/mol. The fraction of sp³-hybridized carbons (Fsp3) is 0.316. The number of carbonyl (C=O) groups is 1. The SMILES string of the molecule is CSc1ccc(S(=O)(=O)N2CCC(C(=O)Nc3ccc(Cl)c(Cl)c3)CC2)cc1. The van der Waals surface area contributed by atoms with Crippen LogP contribution in [0.2, 0.25) is 10.0 Å². The molecule has 9 heteroatoms. The Morgan fingerprint density at radius 3 is 2.29 bits per heavy atom. The van der Waals surface area contributed by atoms with E-state index in [1.54, 1.807) is 54.2 Å². The number of benzene rings is 2. The van der Waals surface area contributed by atoms with Gasteiger partial charge < -0.3 is 5.32 Å².